The Morgan fingerprint density at radius 1 is 1.42 bits per heavy atom. The molecular formula is C15H20BrClN2. The van der Waals surface area contributed by atoms with Gasteiger partial charge in [-0.1, -0.05) is 23.7 Å². The van der Waals surface area contributed by atoms with E-state index in [-0.39, 0.29) is 0 Å². The topological polar surface area (TPSA) is 15.3 Å². The Morgan fingerprint density at radius 2 is 2.16 bits per heavy atom. The summed E-state index contributed by atoms with van der Waals surface area (Å²) < 4.78 is 0.977. The summed E-state index contributed by atoms with van der Waals surface area (Å²) in [5.41, 5.74) is 1.33. The molecule has 0 saturated carbocycles. The molecule has 0 bridgehead atoms. The van der Waals surface area contributed by atoms with E-state index in [0.717, 1.165) is 48.5 Å². The standard InChI is InChI=1S/C15H20BrClN2/c1-2-3-4-15(19-9-7-18-8-10-19)12-5-6-14(17)13(16)11-12/h2,5-6,11,15,18H,1,3-4,7-10H2/t15-/m1/s1. The normalized spacial score (nSPS) is 18.2. The number of hydrogen-bond acceptors (Lipinski definition) is 2. The summed E-state index contributed by atoms with van der Waals surface area (Å²) >= 11 is 9.61. The molecule has 1 fully saturated rings. The molecule has 0 amide bonds. The Morgan fingerprint density at radius 3 is 2.79 bits per heavy atom. The first kappa shape index (κ1) is 15.0. The lowest BCUT2D eigenvalue weighted by Crippen LogP contribution is -2.45. The summed E-state index contributed by atoms with van der Waals surface area (Å²) in [6.07, 6.45) is 4.15. The Balaban J connectivity index is 2.19. The molecule has 1 atom stereocenters. The van der Waals surface area contributed by atoms with Gasteiger partial charge in [-0.15, -0.1) is 6.58 Å². The maximum atomic E-state index is 6.09. The third-order valence-corrected chi connectivity index (χ3v) is 4.78. The third-order valence-electron chi connectivity index (χ3n) is 3.57. The molecule has 0 radical (unpaired) electrons. The Bertz CT molecular complexity index is 430. The first-order chi connectivity index (χ1) is 9.22. The second-order valence-electron chi connectivity index (χ2n) is 4.84. The molecule has 0 aromatic heterocycles. The summed E-state index contributed by atoms with van der Waals surface area (Å²) in [6, 6.07) is 6.72. The highest BCUT2D eigenvalue weighted by Crippen LogP contribution is 2.31. The number of benzene rings is 1. The SMILES string of the molecule is C=CCC[C@H](c1ccc(Cl)c(Br)c1)N1CCNCC1. The molecule has 104 valence electrons. The quantitative estimate of drug-likeness (QED) is 0.813. The average Bonchev–Trinajstić information content (AvgIpc) is 2.44. The van der Waals surface area contributed by atoms with Crippen molar-refractivity contribution in [2.24, 2.45) is 0 Å². The predicted molar refractivity (Wildman–Crippen MR) is 85.8 cm³/mol. The molecule has 0 unspecified atom stereocenters. The van der Waals surface area contributed by atoms with E-state index in [2.05, 4.69) is 44.9 Å². The van der Waals surface area contributed by atoms with Crippen LogP contribution in [0.25, 0.3) is 0 Å². The highest BCUT2D eigenvalue weighted by molar-refractivity contribution is 9.10. The lowest BCUT2D eigenvalue weighted by Gasteiger charge is -2.35. The van der Waals surface area contributed by atoms with Crippen molar-refractivity contribution in [3.05, 3.63) is 45.9 Å². The van der Waals surface area contributed by atoms with Crippen molar-refractivity contribution in [3.8, 4) is 0 Å². The molecular weight excluding hydrogens is 324 g/mol. The van der Waals surface area contributed by atoms with Crippen molar-refractivity contribution >= 4 is 27.5 Å². The zero-order valence-corrected chi connectivity index (χ0v) is 13.4. The number of hydrogen-bond donors (Lipinski definition) is 1. The highest BCUT2D eigenvalue weighted by Gasteiger charge is 2.21. The van der Waals surface area contributed by atoms with E-state index in [9.17, 15) is 0 Å². The first-order valence-electron chi connectivity index (χ1n) is 6.73. The number of rotatable bonds is 5. The fourth-order valence-electron chi connectivity index (χ4n) is 2.55. The smallest absolute Gasteiger partial charge is 0.0548 e. The van der Waals surface area contributed by atoms with Gasteiger partial charge in [0, 0.05) is 36.7 Å². The summed E-state index contributed by atoms with van der Waals surface area (Å²) in [7, 11) is 0. The van der Waals surface area contributed by atoms with Crippen LogP contribution in [0.5, 0.6) is 0 Å². The van der Waals surface area contributed by atoms with Crippen molar-refractivity contribution in [2.75, 3.05) is 26.2 Å². The van der Waals surface area contributed by atoms with E-state index < -0.39 is 0 Å². The Kier molecular flexibility index (Phi) is 5.89. The highest BCUT2D eigenvalue weighted by atomic mass is 79.9. The lowest BCUT2D eigenvalue weighted by molar-refractivity contribution is 0.166. The summed E-state index contributed by atoms with van der Waals surface area (Å²) in [6.45, 7) is 8.18. The van der Waals surface area contributed by atoms with Crippen LogP contribution < -0.4 is 5.32 Å². The number of nitrogens with zero attached hydrogens (tertiary/aromatic N) is 1. The van der Waals surface area contributed by atoms with Crippen LogP contribution >= 0.6 is 27.5 Å². The van der Waals surface area contributed by atoms with E-state index in [4.69, 9.17) is 11.6 Å². The van der Waals surface area contributed by atoms with E-state index in [1.807, 2.05) is 12.1 Å². The van der Waals surface area contributed by atoms with Gasteiger partial charge in [-0.25, -0.2) is 0 Å². The van der Waals surface area contributed by atoms with Crippen molar-refractivity contribution < 1.29 is 0 Å². The fourth-order valence-corrected chi connectivity index (χ4v) is 3.06. The molecule has 4 heteroatoms. The number of piperazine rings is 1. The molecule has 1 heterocycles. The van der Waals surface area contributed by atoms with Gasteiger partial charge in [0.1, 0.15) is 0 Å². The van der Waals surface area contributed by atoms with Crippen molar-refractivity contribution in [2.45, 2.75) is 18.9 Å². The van der Waals surface area contributed by atoms with Gasteiger partial charge in [0.25, 0.3) is 0 Å². The maximum Gasteiger partial charge on any atom is 0.0548 e. The van der Waals surface area contributed by atoms with Crippen LogP contribution in [0.1, 0.15) is 24.4 Å². The minimum Gasteiger partial charge on any atom is -0.314 e. The molecule has 1 saturated heterocycles. The van der Waals surface area contributed by atoms with Crippen molar-refractivity contribution in [3.63, 3.8) is 0 Å². The number of halogens is 2. The van der Waals surface area contributed by atoms with E-state index in [1.165, 1.54) is 5.56 Å². The minimum atomic E-state index is 0.452. The molecule has 1 aliphatic rings. The number of nitrogens with one attached hydrogen (secondary N) is 1. The Hall–Kier alpha value is -0.350. The monoisotopic (exact) mass is 342 g/mol. The van der Waals surface area contributed by atoms with E-state index in [1.54, 1.807) is 0 Å². The molecule has 1 aromatic carbocycles. The van der Waals surface area contributed by atoms with Crippen LogP contribution in [0.4, 0.5) is 0 Å². The van der Waals surface area contributed by atoms with E-state index >= 15 is 0 Å². The third kappa shape index (κ3) is 4.06. The summed E-state index contributed by atoms with van der Waals surface area (Å²) in [5, 5.41) is 4.18. The molecule has 2 rings (SSSR count). The molecule has 1 aromatic rings. The lowest BCUT2D eigenvalue weighted by atomic mass is 9.99. The predicted octanol–water partition coefficient (Wildman–Crippen LogP) is 4.02. The van der Waals surface area contributed by atoms with Gasteiger partial charge in [0.15, 0.2) is 0 Å². The zero-order chi connectivity index (χ0) is 13.7. The largest absolute Gasteiger partial charge is 0.314 e. The van der Waals surface area contributed by atoms with Gasteiger partial charge in [-0.2, -0.15) is 0 Å². The van der Waals surface area contributed by atoms with Gasteiger partial charge in [-0.05, 0) is 46.5 Å². The summed E-state index contributed by atoms with van der Waals surface area (Å²) in [4.78, 5) is 2.55. The summed E-state index contributed by atoms with van der Waals surface area (Å²) in [5.74, 6) is 0. The second-order valence-corrected chi connectivity index (χ2v) is 6.10. The Labute approximate surface area is 129 Å². The van der Waals surface area contributed by atoms with Crippen molar-refractivity contribution in [1.29, 1.82) is 0 Å². The van der Waals surface area contributed by atoms with Crippen molar-refractivity contribution in [1.82, 2.24) is 10.2 Å². The molecule has 19 heavy (non-hydrogen) atoms. The van der Waals surface area contributed by atoms with E-state index in [0.29, 0.717) is 6.04 Å². The van der Waals surface area contributed by atoms with Crippen LogP contribution in [0, 0.1) is 0 Å². The first-order valence-corrected chi connectivity index (χ1v) is 7.90. The van der Waals surface area contributed by atoms with Gasteiger partial charge in [0.05, 0.1) is 5.02 Å². The van der Waals surface area contributed by atoms with Crippen LogP contribution in [0.3, 0.4) is 0 Å². The maximum absolute atomic E-state index is 6.09. The minimum absolute atomic E-state index is 0.452. The average molecular weight is 344 g/mol. The second kappa shape index (κ2) is 7.44. The van der Waals surface area contributed by atoms with Gasteiger partial charge in [-0.3, -0.25) is 4.90 Å². The molecule has 0 spiro atoms. The molecule has 0 aliphatic carbocycles. The van der Waals surface area contributed by atoms with Crippen LogP contribution in [0.15, 0.2) is 35.3 Å². The van der Waals surface area contributed by atoms with Crippen LogP contribution in [0.2, 0.25) is 5.02 Å². The fraction of sp³-hybridized carbons (Fsp3) is 0.467. The van der Waals surface area contributed by atoms with Crippen LogP contribution in [-0.2, 0) is 0 Å². The van der Waals surface area contributed by atoms with Gasteiger partial charge in [0.2, 0.25) is 0 Å². The molecule has 2 nitrogen and oxygen atoms in total. The van der Waals surface area contributed by atoms with Gasteiger partial charge >= 0.3 is 0 Å². The van der Waals surface area contributed by atoms with Crippen LogP contribution in [-0.4, -0.2) is 31.1 Å². The number of allylic oxidation sites excluding steroid dienone is 1. The molecule has 1 aliphatic heterocycles. The zero-order valence-electron chi connectivity index (χ0n) is 11.0. The molecule has 1 N–H and O–H groups in total. The van der Waals surface area contributed by atoms with Gasteiger partial charge < -0.3 is 5.32 Å².